The highest BCUT2D eigenvalue weighted by Gasteiger charge is 2.08. The summed E-state index contributed by atoms with van der Waals surface area (Å²) >= 11 is 0. The molecule has 0 aliphatic carbocycles. The van der Waals surface area contributed by atoms with Crippen LogP contribution < -0.4 is 5.32 Å². The third kappa shape index (κ3) is 6.07. The second kappa shape index (κ2) is 9.89. The quantitative estimate of drug-likeness (QED) is 0.502. The van der Waals surface area contributed by atoms with Gasteiger partial charge in [0.2, 0.25) is 0 Å². The lowest BCUT2D eigenvalue weighted by molar-refractivity contribution is 0.0690. The Morgan fingerprint density at radius 3 is 2.55 bits per heavy atom. The fourth-order valence-electron chi connectivity index (χ4n) is 2.60. The van der Waals surface area contributed by atoms with Crippen molar-refractivity contribution >= 4 is 18.1 Å². The van der Waals surface area contributed by atoms with E-state index in [0.717, 1.165) is 16.7 Å². The molecule has 0 unspecified atom stereocenters. The molecule has 0 atom stereocenters. The molecular weight excluding hydrogens is 370 g/mol. The van der Waals surface area contributed by atoms with Crippen molar-refractivity contribution in [3.8, 4) is 11.3 Å². The van der Waals surface area contributed by atoms with Gasteiger partial charge in [0.15, 0.2) is 0 Å². The van der Waals surface area contributed by atoms with Gasteiger partial charge in [0.05, 0.1) is 5.69 Å². The summed E-state index contributed by atoms with van der Waals surface area (Å²) in [6, 6.07) is 18.6. The topological polar surface area (TPSA) is 104 Å². The van der Waals surface area contributed by atoms with Gasteiger partial charge in [0.25, 0.3) is 0 Å². The molecule has 0 spiro atoms. The minimum absolute atomic E-state index is 0.0544. The molecule has 0 fully saturated rings. The number of ether oxygens (including phenoxy) is 1. The van der Waals surface area contributed by atoms with Gasteiger partial charge < -0.3 is 15.2 Å². The van der Waals surface area contributed by atoms with Crippen molar-refractivity contribution in [2.45, 2.75) is 13.0 Å². The van der Waals surface area contributed by atoms with Gasteiger partial charge in [-0.15, -0.1) is 0 Å². The van der Waals surface area contributed by atoms with E-state index in [1.165, 1.54) is 6.07 Å². The zero-order chi connectivity index (χ0) is 20.5. The Balaban J connectivity index is 1.40. The molecule has 3 N–H and O–H groups in total. The number of alkyl carbamates (subject to hydrolysis) is 1. The molecule has 1 amide bonds. The van der Waals surface area contributed by atoms with Crippen LogP contribution in [0.2, 0.25) is 0 Å². The Hall–Kier alpha value is -3.87. The maximum Gasteiger partial charge on any atom is 0.407 e. The molecule has 0 aliphatic rings. The second-order valence-corrected chi connectivity index (χ2v) is 6.27. The van der Waals surface area contributed by atoms with E-state index in [4.69, 9.17) is 9.84 Å². The number of carbonyl (C=O) groups is 2. The highest BCUT2D eigenvalue weighted by molar-refractivity contribution is 5.86. The summed E-state index contributed by atoms with van der Waals surface area (Å²) in [5, 5.41) is 18.1. The fraction of sp³-hybridized carbons (Fsp3) is 0.136. The standard InChI is InChI=1S/C22H21N3O4/c26-21(27)20-14-19(24-25-20)18-11-9-16(10-12-18)6-4-5-13-23-22(28)29-15-17-7-2-1-3-8-17/h1-4,6-12,14H,5,13,15H2,(H,23,28)(H,24,25)(H,26,27). The second-order valence-electron chi connectivity index (χ2n) is 6.27. The summed E-state index contributed by atoms with van der Waals surface area (Å²) < 4.78 is 5.15. The number of amides is 1. The first-order valence-electron chi connectivity index (χ1n) is 9.12. The minimum atomic E-state index is -1.04. The van der Waals surface area contributed by atoms with Crippen molar-refractivity contribution in [2.75, 3.05) is 6.54 Å². The van der Waals surface area contributed by atoms with Crippen LogP contribution in [0.1, 0.15) is 28.0 Å². The summed E-state index contributed by atoms with van der Waals surface area (Å²) in [7, 11) is 0. The Bertz CT molecular complexity index is 979. The summed E-state index contributed by atoms with van der Waals surface area (Å²) in [6.45, 7) is 0.728. The molecule has 2 aromatic carbocycles. The molecule has 148 valence electrons. The Morgan fingerprint density at radius 1 is 1.10 bits per heavy atom. The first kappa shape index (κ1) is 19.9. The van der Waals surface area contributed by atoms with Crippen molar-refractivity contribution in [1.82, 2.24) is 15.5 Å². The number of carboxylic acids is 1. The van der Waals surface area contributed by atoms with Gasteiger partial charge in [-0.3, -0.25) is 5.10 Å². The number of nitrogens with zero attached hydrogens (tertiary/aromatic N) is 1. The molecule has 29 heavy (non-hydrogen) atoms. The smallest absolute Gasteiger partial charge is 0.407 e. The van der Waals surface area contributed by atoms with Crippen LogP contribution in [-0.4, -0.2) is 33.9 Å². The maximum atomic E-state index is 11.7. The van der Waals surface area contributed by atoms with Gasteiger partial charge in [-0.25, -0.2) is 9.59 Å². The van der Waals surface area contributed by atoms with Crippen molar-refractivity contribution in [3.05, 3.63) is 83.6 Å². The predicted octanol–water partition coefficient (Wildman–Crippen LogP) is 4.10. The van der Waals surface area contributed by atoms with E-state index in [2.05, 4.69) is 15.5 Å². The zero-order valence-electron chi connectivity index (χ0n) is 15.7. The molecule has 1 heterocycles. The normalized spacial score (nSPS) is 10.8. The third-order valence-corrected chi connectivity index (χ3v) is 4.12. The van der Waals surface area contributed by atoms with E-state index in [1.54, 1.807) is 0 Å². The Labute approximate surface area is 168 Å². The van der Waals surface area contributed by atoms with Crippen molar-refractivity contribution in [2.24, 2.45) is 0 Å². The van der Waals surface area contributed by atoms with Crippen LogP contribution in [0.25, 0.3) is 17.3 Å². The van der Waals surface area contributed by atoms with Crippen molar-refractivity contribution < 1.29 is 19.4 Å². The maximum absolute atomic E-state index is 11.7. The number of aromatic nitrogens is 2. The zero-order valence-corrected chi connectivity index (χ0v) is 15.7. The van der Waals surface area contributed by atoms with Crippen LogP contribution in [0.15, 0.2) is 66.7 Å². The minimum Gasteiger partial charge on any atom is -0.477 e. The van der Waals surface area contributed by atoms with Crippen LogP contribution in [0, 0.1) is 0 Å². The van der Waals surface area contributed by atoms with E-state index in [1.807, 2.05) is 66.7 Å². The summed E-state index contributed by atoms with van der Waals surface area (Å²) in [4.78, 5) is 22.6. The average Bonchev–Trinajstić information content (AvgIpc) is 3.24. The number of rotatable bonds is 8. The third-order valence-electron chi connectivity index (χ3n) is 4.12. The monoisotopic (exact) mass is 391 g/mol. The number of carbonyl (C=O) groups excluding carboxylic acids is 1. The number of aromatic amines is 1. The number of benzene rings is 2. The van der Waals surface area contributed by atoms with E-state index in [9.17, 15) is 9.59 Å². The van der Waals surface area contributed by atoms with E-state index >= 15 is 0 Å². The van der Waals surface area contributed by atoms with Crippen LogP contribution in [-0.2, 0) is 11.3 Å². The first-order chi connectivity index (χ1) is 14.1. The Kier molecular flexibility index (Phi) is 6.78. The molecule has 3 aromatic rings. The van der Waals surface area contributed by atoms with Gasteiger partial charge in [-0.05, 0) is 23.6 Å². The summed E-state index contributed by atoms with van der Waals surface area (Å²) in [6.07, 6.45) is 4.15. The highest BCUT2D eigenvalue weighted by Crippen LogP contribution is 2.19. The molecule has 1 aromatic heterocycles. The largest absolute Gasteiger partial charge is 0.477 e. The summed E-state index contributed by atoms with van der Waals surface area (Å²) in [5.74, 6) is -1.04. The summed E-state index contributed by atoms with van der Waals surface area (Å²) in [5.41, 5.74) is 3.40. The average molecular weight is 391 g/mol. The molecular formula is C22H21N3O4. The molecule has 0 saturated heterocycles. The van der Waals surface area contributed by atoms with Crippen LogP contribution in [0.4, 0.5) is 4.79 Å². The van der Waals surface area contributed by atoms with Crippen LogP contribution in [0.3, 0.4) is 0 Å². The molecule has 3 rings (SSSR count). The number of nitrogens with one attached hydrogen (secondary N) is 2. The first-order valence-corrected chi connectivity index (χ1v) is 9.12. The van der Waals surface area contributed by atoms with Gasteiger partial charge >= 0.3 is 12.1 Å². The van der Waals surface area contributed by atoms with Gasteiger partial charge in [0, 0.05) is 12.1 Å². The molecule has 7 heteroatoms. The molecule has 0 radical (unpaired) electrons. The SMILES string of the molecule is O=C(NCCC=Cc1ccc(-c2cc(C(=O)O)[nH]n2)cc1)OCc1ccccc1. The van der Waals surface area contributed by atoms with Gasteiger partial charge in [0.1, 0.15) is 12.3 Å². The fourth-order valence-corrected chi connectivity index (χ4v) is 2.60. The highest BCUT2D eigenvalue weighted by atomic mass is 16.5. The molecule has 7 nitrogen and oxygen atoms in total. The van der Waals surface area contributed by atoms with Crippen LogP contribution in [0.5, 0.6) is 0 Å². The lowest BCUT2D eigenvalue weighted by Crippen LogP contribution is -2.24. The Morgan fingerprint density at radius 2 is 1.86 bits per heavy atom. The lowest BCUT2D eigenvalue weighted by Gasteiger charge is -2.05. The lowest BCUT2D eigenvalue weighted by atomic mass is 10.1. The number of H-pyrrole nitrogens is 1. The number of hydrogen-bond acceptors (Lipinski definition) is 4. The van der Waals surface area contributed by atoms with Gasteiger partial charge in [-0.2, -0.15) is 5.10 Å². The molecule has 0 bridgehead atoms. The molecule has 0 saturated carbocycles. The number of aromatic carboxylic acids is 1. The van der Waals surface area contributed by atoms with Crippen molar-refractivity contribution in [3.63, 3.8) is 0 Å². The predicted molar refractivity (Wildman–Crippen MR) is 109 cm³/mol. The van der Waals surface area contributed by atoms with Crippen LogP contribution >= 0.6 is 0 Å². The molecule has 0 aliphatic heterocycles. The number of carboxylic acid groups (broad SMARTS) is 1. The number of hydrogen-bond donors (Lipinski definition) is 3. The van der Waals surface area contributed by atoms with Crippen molar-refractivity contribution in [1.29, 1.82) is 0 Å². The van der Waals surface area contributed by atoms with Gasteiger partial charge in [-0.1, -0.05) is 66.7 Å². The van der Waals surface area contributed by atoms with E-state index in [0.29, 0.717) is 18.7 Å². The van der Waals surface area contributed by atoms with E-state index in [-0.39, 0.29) is 12.3 Å². The van der Waals surface area contributed by atoms with E-state index < -0.39 is 12.1 Å².